The molecule has 17 rings (SSSR count). The van der Waals surface area contributed by atoms with Gasteiger partial charge in [-0.25, -0.2) is 4.98 Å². The SMILES string of the molecule is CC1(C)c2cc3c4ccccc4c4ccccc4c3cc2-c2cc3c4cc(-c5ccc6c(N(c7ccccc7)c7cc8ccccc8c8ccccc78)cccc6c5)ccc4n(-c4nc(-c5ccccc5)nc(-c5ccccc5)n4)c3cc21. The second-order valence-electron chi connectivity index (χ2n) is 22.7. The molecule has 0 saturated heterocycles. The summed E-state index contributed by atoms with van der Waals surface area (Å²) in [5.74, 6) is 1.82. The first-order chi connectivity index (χ1) is 40.9. The standard InChI is InChI=1S/C78H51N5/c1-78(2)69-46-64-61-34-17-15-32-59(61)58-31-14-16-33-60(58)63(64)44-65(69)66-45-68-67-42-51(38-40-72(67)83(74(68)47-70(66)78)77-80-75(48-21-6-3-7-22-48)79-76(81-77)49-23-8-4-9-24-49)50-37-39-56-52(41-50)26-20-36-71(56)82(54-27-10-5-11-28-54)73-43-53-25-12-13-29-55(53)57-30-18-19-35-62(57)73/h3-47H,1-2H3. The second kappa shape index (κ2) is 18.1. The van der Waals surface area contributed by atoms with Gasteiger partial charge in [0.25, 0.3) is 0 Å². The molecule has 14 aromatic carbocycles. The third-order valence-electron chi connectivity index (χ3n) is 17.7. The number of rotatable bonds is 7. The number of anilines is 3. The van der Waals surface area contributed by atoms with Crippen LogP contribution in [-0.2, 0) is 5.41 Å². The first-order valence-electron chi connectivity index (χ1n) is 28.6. The highest BCUT2D eigenvalue weighted by Crippen LogP contribution is 2.54. The van der Waals surface area contributed by atoms with Crippen molar-refractivity contribution in [3.8, 4) is 51.0 Å². The third-order valence-corrected chi connectivity index (χ3v) is 17.7. The van der Waals surface area contributed by atoms with Crippen molar-refractivity contribution >= 4 is 104 Å². The quantitative estimate of drug-likeness (QED) is 0.149. The molecule has 0 saturated carbocycles. The molecule has 83 heavy (non-hydrogen) atoms. The van der Waals surface area contributed by atoms with Crippen LogP contribution in [0.1, 0.15) is 25.0 Å². The lowest BCUT2D eigenvalue weighted by molar-refractivity contribution is 0.662. The van der Waals surface area contributed by atoms with Crippen LogP contribution >= 0.6 is 0 Å². The molecule has 388 valence electrons. The number of fused-ring (bicyclic) bond motifs is 16. The van der Waals surface area contributed by atoms with Gasteiger partial charge in [-0.2, -0.15) is 9.97 Å². The van der Waals surface area contributed by atoms with Crippen molar-refractivity contribution in [2.24, 2.45) is 0 Å². The molecule has 2 aromatic heterocycles. The minimum Gasteiger partial charge on any atom is -0.309 e. The van der Waals surface area contributed by atoms with Gasteiger partial charge in [0.1, 0.15) is 0 Å². The van der Waals surface area contributed by atoms with Crippen LogP contribution in [0.15, 0.2) is 273 Å². The average Bonchev–Trinajstić information content (AvgIpc) is 1.85. The fourth-order valence-corrected chi connectivity index (χ4v) is 13.8. The average molecular weight is 1060 g/mol. The Morgan fingerprint density at radius 2 is 0.783 bits per heavy atom. The van der Waals surface area contributed by atoms with Crippen LogP contribution in [0.5, 0.6) is 0 Å². The zero-order valence-corrected chi connectivity index (χ0v) is 45.7. The van der Waals surface area contributed by atoms with Crippen LogP contribution in [0.4, 0.5) is 17.1 Å². The van der Waals surface area contributed by atoms with E-state index in [-0.39, 0.29) is 5.41 Å². The highest BCUT2D eigenvalue weighted by atomic mass is 15.2. The molecule has 0 fully saturated rings. The summed E-state index contributed by atoms with van der Waals surface area (Å²) in [6.07, 6.45) is 0. The molecule has 0 aliphatic heterocycles. The summed E-state index contributed by atoms with van der Waals surface area (Å²) in [7, 11) is 0. The number of nitrogens with zero attached hydrogens (tertiary/aromatic N) is 5. The molecule has 0 bridgehead atoms. The summed E-state index contributed by atoms with van der Waals surface area (Å²) in [5, 5.41) is 17.1. The molecule has 0 amide bonds. The summed E-state index contributed by atoms with van der Waals surface area (Å²) in [4.78, 5) is 18.4. The van der Waals surface area contributed by atoms with Crippen molar-refractivity contribution in [2.75, 3.05) is 4.90 Å². The molecule has 5 nitrogen and oxygen atoms in total. The summed E-state index contributed by atoms with van der Waals surface area (Å²) >= 11 is 0. The van der Waals surface area contributed by atoms with Gasteiger partial charge >= 0.3 is 0 Å². The Kier molecular flexibility index (Phi) is 10.3. The highest BCUT2D eigenvalue weighted by molar-refractivity contribution is 6.26. The molecule has 1 aliphatic rings. The molecule has 0 radical (unpaired) electrons. The molecule has 0 N–H and O–H groups in total. The molecule has 1 aliphatic carbocycles. The van der Waals surface area contributed by atoms with E-state index in [1.807, 2.05) is 36.4 Å². The van der Waals surface area contributed by atoms with E-state index in [2.05, 4.69) is 260 Å². The van der Waals surface area contributed by atoms with Crippen molar-refractivity contribution < 1.29 is 0 Å². The largest absolute Gasteiger partial charge is 0.309 e. The molecule has 0 unspecified atom stereocenters. The Morgan fingerprint density at radius 1 is 0.301 bits per heavy atom. The topological polar surface area (TPSA) is 46.8 Å². The van der Waals surface area contributed by atoms with Crippen molar-refractivity contribution in [1.29, 1.82) is 0 Å². The minimum atomic E-state index is -0.322. The predicted molar refractivity (Wildman–Crippen MR) is 348 cm³/mol. The minimum absolute atomic E-state index is 0.322. The maximum Gasteiger partial charge on any atom is 0.238 e. The second-order valence-corrected chi connectivity index (χ2v) is 22.7. The predicted octanol–water partition coefficient (Wildman–Crippen LogP) is 20.7. The zero-order chi connectivity index (χ0) is 54.9. The first-order valence-corrected chi connectivity index (χ1v) is 28.6. The molecular formula is C78H51N5. The van der Waals surface area contributed by atoms with Gasteiger partial charge in [-0.15, -0.1) is 0 Å². The van der Waals surface area contributed by atoms with Crippen LogP contribution in [0.25, 0.3) is 137 Å². The van der Waals surface area contributed by atoms with Gasteiger partial charge in [-0.05, 0) is 154 Å². The maximum absolute atomic E-state index is 5.39. The lowest BCUT2D eigenvalue weighted by Gasteiger charge is -2.28. The van der Waals surface area contributed by atoms with E-state index in [0.29, 0.717) is 17.6 Å². The summed E-state index contributed by atoms with van der Waals surface area (Å²) in [6, 6.07) is 99.5. The molecule has 5 heteroatoms. The van der Waals surface area contributed by atoms with E-state index in [0.717, 1.165) is 66.5 Å². The molecule has 2 heterocycles. The van der Waals surface area contributed by atoms with Crippen molar-refractivity contribution in [3.05, 3.63) is 284 Å². The summed E-state index contributed by atoms with van der Waals surface area (Å²) in [6.45, 7) is 4.78. The number of hydrogen-bond donors (Lipinski definition) is 0. The Labute approximate surface area is 479 Å². The Balaban J connectivity index is 0.890. The molecular weight excluding hydrogens is 1010 g/mol. The van der Waals surface area contributed by atoms with Crippen LogP contribution in [0, 0.1) is 0 Å². The number of aromatic nitrogens is 4. The lowest BCUT2D eigenvalue weighted by atomic mass is 9.81. The van der Waals surface area contributed by atoms with E-state index in [1.54, 1.807) is 0 Å². The fourth-order valence-electron chi connectivity index (χ4n) is 13.8. The Morgan fingerprint density at radius 3 is 1.45 bits per heavy atom. The van der Waals surface area contributed by atoms with E-state index < -0.39 is 0 Å². The van der Waals surface area contributed by atoms with Crippen LogP contribution < -0.4 is 4.90 Å². The monoisotopic (exact) mass is 1060 g/mol. The Hall–Kier alpha value is -10.8. The maximum atomic E-state index is 5.39. The van der Waals surface area contributed by atoms with Gasteiger partial charge < -0.3 is 4.90 Å². The van der Waals surface area contributed by atoms with Crippen molar-refractivity contribution in [3.63, 3.8) is 0 Å². The number of hydrogen-bond acceptors (Lipinski definition) is 4. The van der Waals surface area contributed by atoms with E-state index in [4.69, 9.17) is 15.0 Å². The van der Waals surface area contributed by atoms with Gasteiger partial charge in [0, 0.05) is 43.8 Å². The third kappa shape index (κ3) is 7.24. The smallest absolute Gasteiger partial charge is 0.238 e. The molecule has 0 atom stereocenters. The first kappa shape index (κ1) is 47.1. The number of para-hydroxylation sites is 1. The van der Waals surface area contributed by atoms with Crippen molar-refractivity contribution in [2.45, 2.75) is 19.3 Å². The van der Waals surface area contributed by atoms with Gasteiger partial charge in [-0.3, -0.25) is 4.57 Å². The van der Waals surface area contributed by atoms with E-state index in [9.17, 15) is 0 Å². The highest BCUT2D eigenvalue weighted by Gasteiger charge is 2.37. The van der Waals surface area contributed by atoms with E-state index >= 15 is 0 Å². The van der Waals surface area contributed by atoms with Gasteiger partial charge in [0.05, 0.1) is 22.4 Å². The number of benzene rings is 14. The van der Waals surface area contributed by atoms with Crippen molar-refractivity contribution in [1.82, 2.24) is 19.5 Å². The van der Waals surface area contributed by atoms with Gasteiger partial charge in [0.2, 0.25) is 5.95 Å². The normalized spacial score (nSPS) is 12.8. The molecule has 16 aromatic rings. The molecule has 0 spiro atoms. The van der Waals surface area contributed by atoms with Crippen LogP contribution in [0.2, 0.25) is 0 Å². The zero-order valence-electron chi connectivity index (χ0n) is 45.7. The lowest BCUT2D eigenvalue weighted by Crippen LogP contribution is -2.15. The van der Waals surface area contributed by atoms with Crippen LogP contribution in [-0.4, -0.2) is 19.5 Å². The summed E-state index contributed by atoms with van der Waals surface area (Å²) < 4.78 is 2.28. The van der Waals surface area contributed by atoms with E-state index in [1.165, 1.54) is 81.5 Å². The van der Waals surface area contributed by atoms with Gasteiger partial charge in [-0.1, -0.05) is 220 Å². The van der Waals surface area contributed by atoms with Gasteiger partial charge in [0.15, 0.2) is 11.6 Å². The fraction of sp³-hybridized carbons (Fsp3) is 0.0385. The van der Waals surface area contributed by atoms with Crippen LogP contribution in [0.3, 0.4) is 0 Å². The Bertz CT molecular complexity index is 5300. The summed E-state index contributed by atoms with van der Waals surface area (Å²) in [5.41, 5.74) is 14.4.